The van der Waals surface area contributed by atoms with Gasteiger partial charge in [-0.25, -0.2) is 0 Å². The molecule has 3 heteroatoms. The monoisotopic (exact) mass is 322 g/mol. The van der Waals surface area contributed by atoms with Crippen LogP contribution in [0.15, 0.2) is 60.7 Å². The molecular weight excluding hydrogens is 296 g/mol. The molecule has 2 fully saturated rings. The van der Waals surface area contributed by atoms with E-state index in [1.54, 1.807) is 0 Å². The van der Waals surface area contributed by atoms with Gasteiger partial charge in [0.25, 0.3) is 0 Å². The molecule has 2 aromatic rings. The highest BCUT2D eigenvalue weighted by Gasteiger charge is 2.41. The summed E-state index contributed by atoms with van der Waals surface area (Å²) in [7, 11) is 0. The van der Waals surface area contributed by atoms with Gasteiger partial charge in [-0.1, -0.05) is 60.7 Å². The number of piperazine rings is 1. The molecule has 0 amide bonds. The third-order valence-corrected chi connectivity index (χ3v) is 5.50. The maximum absolute atomic E-state index is 5.45. The van der Waals surface area contributed by atoms with Crippen molar-refractivity contribution in [2.24, 2.45) is 0 Å². The Hall–Kier alpha value is -1.68. The molecule has 2 aliphatic rings. The Kier molecular flexibility index (Phi) is 4.40. The zero-order chi connectivity index (χ0) is 16.4. The summed E-state index contributed by atoms with van der Waals surface area (Å²) in [4.78, 5) is 5.24. The fourth-order valence-electron chi connectivity index (χ4n) is 3.98. The summed E-state index contributed by atoms with van der Waals surface area (Å²) in [6.45, 7) is 8.54. The topological polar surface area (TPSA) is 15.7 Å². The molecule has 126 valence electrons. The standard InChI is InChI=1S/C21H26N2O/c1-21(16-24-17-21)23-14-12-22(13-15-23)20(18-8-4-2-5-9-18)19-10-6-3-7-11-19/h2-11,20H,12-17H2,1H3. The molecule has 3 nitrogen and oxygen atoms in total. The van der Waals surface area contributed by atoms with E-state index in [2.05, 4.69) is 77.4 Å². The molecule has 2 saturated heterocycles. The van der Waals surface area contributed by atoms with E-state index in [-0.39, 0.29) is 5.54 Å². The van der Waals surface area contributed by atoms with Crippen LogP contribution in [0.5, 0.6) is 0 Å². The van der Waals surface area contributed by atoms with Crippen LogP contribution in [0, 0.1) is 0 Å². The number of nitrogens with zero attached hydrogens (tertiary/aromatic N) is 2. The van der Waals surface area contributed by atoms with Gasteiger partial charge >= 0.3 is 0 Å². The summed E-state index contributed by atoms with van der Waals surface area (Å²) < 4.78 is 5.45. The molecule has 24 heavy (non-hydrogen) atoms. The second-order valence-corrected chi connectivity index (χ2v) is 7.24. The van der Waals surface area contributed by atoms with Gasteiger partial charge in [0, 0.05) is 26.2 Å². The van der Waals surface area contributed by atoms with Gasteiger partial charge < -0.3 is 4.74 Å². The van der Waals surface area contributed by atoms with E-state index in [1.807, 2.05) is 0 Å². The third-order valence-electron chi connectivity index (χ3n) is 5.50. The molecule has 0 N–H and O–H groups in total. The Balaban J connectivity index is 1.54. The molecule has 0 spiro atoms. The van der Waals surface area contributed by atoms with Gasteiger partial charge in [-0.05, 0) is 18.1 Å². The summed E-state index contributed by atoms with van der Waals surface area (Å²) in [5.74, 6) is 0. The van der Waals surface area contributed by atoms with Crippen LogP contribution in [-0.4, -0.2) is 54.7 Å². The SMILES string of the molecule is CC1(N2CCN(C(c3ccccc3)c3ccccc3)CC2)COC1. The number of rotatable bonds is 4. The van der Waals surface area contributed by atoms with E-state index in [0.717, 1.165) is 39.4 Å². The van der Waals surface area contributed by atoms with Crippen LogP contribution >= 0.6 is 0 Å². The zero-order valence-corrected chi connectivity index (χ0v) is 14.4. The van der Waals surface area contributed by atoms with Crippen molar-refractivity contribution in [2.75, 3.05) is 39.4 Å². The Morgan fingerprint density at radius 2 is 1.29 bits per heavy atom. The molecule has 0 aliphatic carbocycles. The van der Waals surface area contributed by atoms with Gasteiger partial charge in [0.2, 0.25) is 0 Å². The van der Waals surface area contributed by atoms with Crippen molar-refractivity contribution in [3.63, 3.8) is 0 Å². The first kappa shape index (κ1) is 15.8. The predicted molar refractivity (Wildman–Crippen MR) is 97.1 cm³/mol. The molecule has 0 bridgehead atoms. The highest BCUT2D eigenvalue weighted by Crippen LogP contribution is 2.32. The summed E-state index contributed by atoms with van der Waals surface area (Å²) in [6.07, 6.45) is 0. The minimum absolute atomic E-state index is 0.265. The quantitative estimate of drug-likeness (QED) is 0.860. The van der Waals surface area contributed by atoms with E-state index in [9.17, 15) is 0 Å². The predicted octanol–water partition coefficient (Wildman–Crippen LogP) is 3.18. The second kappa shape index (κ2) is 6.67. The Morgan fingerprint density at radius 3 is 1.71 bits per heavy atom. The van der Waals surface area contributed by atoms with E-state index in [0.29, 0.717) is 6.04 Å². The van der Waals surface area contributed by atoms with Crippen molar-refractivity contribution < 1.29 is 4.74 Å². The van der Waals surface area contributed by atoms with Crippen molar-refractivity contribution in [3.8, 4) is 0 Å². The lowest BCUT2D eigenvalue weighted by Gasteiger charge is -2.51. The molecule has 2 aliphatic heterocycles. The summed E-state index contributed by atoms with van der Waals surface area (Å²) >= 11 is 0. The lowest BCUT2D eigenvalue weighted by atomic mass is 9.94. The molecular formula is C21H26N2O. The van der Waals surface area contributed by atoms with Gasteiger partial charge in [0.1, 0.15) is 0 Å². The second-order valence-electron chi connectivity index (χ2n) is 7.24. The van der Waals surface area contributed by atoms with Crippen LogP contribution < -0.4 is 0 Å². The van der Waals surface area contributed by atoms with Crippen LogP contribution in [0.3, 0.4) is 0 Å². The molecule has 2 aromatic carbocycles. The minimum Gasteiger partial charge on any atom is -0.377 e. The lowest BCUT2D eigenvalue weighted by Crippen LogP contribution is -2.64. The lowest BCUT2D eigenvalue weighted by molar-refractivity contribution is -0.141. The largest absolute Gasteiger partial charge is 0.377 e. The fourth-order valence-corrected chi connectivity index (χ4v) is 3.98. The number of ether oxygens (including phenoxy) is 1. The molecule has 0 unspecified atom stereocenters. The van der Waals surface area contributed by atoms with Gasteiger partial charge in [0.15, 0.2) is 0 Å². The van der Waals surface area contributed by atoms with Crippen molar-refractivity contribution in [1.29, 1.82) is 0 Å². The highest BCUT2D eigenvalue weighted by atomic mass is 16.5. The Morgan fingerprint density at radius 1 is 0.792 bits per heavy atom. The van der Waals surface area contributed by atoms with E-state index in [1.165, 1.54) is 11.1 Å². The normalized spacial score (nSPS) is 21.6. The first-order chi connectivity index (χ1) is 11.8. The average molecular weight is 322 g/mol. The molecule has 0 radical (unpaired) electrons. The summed E-state index contributed by atoms with van der Waals surface area (Å²) in [5.41, 5.74) is 3.03. The summed E-state index contributed by atoms with van der Waals surface area (Å²) in [6, 6.07) is 22.2. The average Bonchev–Trinajstić information content (AvgIpc) is 2.62. The van der Waals surface area contributed by atoms with Crippen LogP contribution in [0.2, 0.25) is 0 Å². The first-order valence-electron chi connectivity index (χ1n) is 8.93. The smallest absolute Gasteiger partial charge is 0.0671 e. The molecule has 0 aromatic heterocycles. The van der Waals surface area contributed by atoms with Crippen molar-refractivity contribution in [2.45, 2.75) is 18.5 Å². The minimum atomic E-state index is 0.265. The van der Waals surface area contributed by atoms with Gasteiger partial charge in [0.05, 0.1) is 24.8 Å². The third kappa shape index (κ3) is 3.00. The van der Waals surface area contributed by atoms with Crippen LogP contribution in [-0.2, 0) is 4.74 Å². The van der Waals surface area contributed by atoms with Gasteiger partial charge in [-0.15, -0.1) is 0 Å². The molecule has 0 saturated carbocycles. The maximum atomic E-state index is 5.45. The molecule has 0 atom stereocenters. The number of hydrogen-bond acceptors (Lipinski definition) is 3. The molecule has 2 heterocycles. The van der Waals surface area contributed by atoms with Gasteiger partial charge in [-0.2, -0.15) is 0 Å². The van der Waals surface area contributed by atoms with E-state index < -0.39 is 0 Å². The fraction of sp³-hybridized carbons (Fsp3) is 0.429. The van der Waals surface area contributed by atoms with Crippen molar-refractivity contribution in [1.82, 2.24) is 9.80 Å². The van der Waals surface area contributed by atoms with E-state index >= 15 is 0 Å². The summed E-state index contributed by atoms with van der Waals surface area (Å²) in [5, 5.41) is 0. The first-order valence-corrected chi connectivity index (χ1v) is 8.93. The zero-order valence-electron chi connectivity index (χ0n) is 14.4. The van der Waals surface area contributed by atoms with E-state index in [4.69, 9.17) is 4.74 Å². The van der Waals surface area contributed by atoms with Gasteiger partial charge in [-0.3, -0.25) is 9.80 Å². The number of benzene rings is 2. The number of hydrogen-bond donors (Lipinski definition) is 0. The van der Waals surface area contributed by atoms with Crippen molar-refractivity contribution in [3.05, 3.63) is 71.8 Å². The van der Waals surface area contributed by atoms with Crippen LogP contribution in [0.4, 0.5) is 0 Å². The Labute approximate surface area is 144 Å². The Bertz CT molecular complexity index is 607. The molecule has 4 rings (SSSR count). The highest BCUT2D eigenvalue weighted by molar-refractivity contribution is 5.32. The van der Waals surface area contributed by atoms with Crippen molar-refractivity contribution >= 4 is 0 Å². The van der Waals surface area contributed by atoms with Crippen LogP contribution in [0.25, 0.3) is 0 Å². The maximum Gasteiger partial charge on any atom is 0.0671 e. The van der Waals surface area contributed by atoms with Crippen LogP contribution in [0.1, 0.15) is 24.1 Å².